The molecule has 4 heteroatoms. The van der Waals surface area contributed by atoms with Gasteiger partial charge in [0, 0.05) is 23.6 Å². The Morgan fingerprint density at radius 3 is 3.00 bits per heavy atom. The van der Waals surface area contributed by atoms with Gasteiger partial charge in [-0.1, -0.05) is 17.7 Å². The molecule has 0 bridgehead atoms. The third kappa shape index (κ3) is 2.77. The Morgan fingerprint density at radius 2 is 2.31 bits per heavy atom. The van der Waals surface area contributed by atoms with Gasteiger partial charge in [0.2, 0.25) is 0 Å². The number of hydrogen-bond acceptors (Lipinski definition) is 2. The summed E-state index contributed by atoms with van der Waals surface area (Å²) < 4.78 is 0.953. The molecular formula is C12H16BrClN2. The van der Waals surface area contributed by atoms with E-state index >= 15 is 0 Å². The average molecular weight is 304 g/mol. The molecule has 0 amide bonds. The van der Waals surface area contributed by atoms with E-state index < -0.39 is 0 Å². The van der Waals surface area contributed by atoms with Crippen LogP contribution in [0.25, 0.3) is 0 Å². The molecule has 2 rings (SSSR count). The summed E-state index contributed by atoms with van der Waals surface area (Å²) in [4.78, 5) is 2.44. The Balaban J connectivity index is 2.05. The van der Waals surface area contributed by atoms with Gasteiger partial charge >= 0.3 is 0 Å². The first-order valence-electron chi connectivity index (χ1n) is 5.58. The molecule has 2 nitrogen and oxygen atoms in total. The van der Waals surface area contributed by atoms with Crippen LogP contribution >= 0.6 is 27.5 Å². The Labute approximate surface area is 110 Å². The zero-order valence-corrected chi connectivity index (χ0v) is 11.5. The molecule has 1 aliphatic heterocycles. The SMILES string of the molecule is NCC1CCCN1Cc1ccc(Br)c(Cl)c1. The van der Waals surface area contributed by atoms with E-state index in [1.807, 2.05) is 12.1 Å². The van der Waals surface area contributed by atoms with E-state index in [0.29, 0.717) is 6.04 Å². The first kappa shape index (κ1) is 12.4. The predicted octanol–water partition coefficient (Wildman–Crippen LogP) is 3.03. The lowest BCUT2D eigenvalue weighted by Crippen LogP contribution is -2.34. The third-order valence-corrected chi connectivity index (χ3v) is 4.37. The zero-order valence-electron chi connectivity index (χ0n) is 9.13. The molecule has 0 spiro atoms. The molecule has 1 aromatic rings. The van der Waals surface area contributed by atoms with Crippen molar-refractivity contribution >= 4 is 27.5 Å². The van der Waals surface area contributed by atoms with Gasteiger partial charge in [-0.3, -0.25) is 4.90 Å². The van der Waals surface area contributed by atoms with Gasteiger partial charge in [0.15, 0.2) is 0 Å². The van der Waals surface area contributed by atoms with Crippen LogP contribution in [0.2, 0.25) is 5.02 Å². The number of likely N-dealkylation sites (tertiary alicyclic amines) is 1. The minimum Gasteiger partial charge on any atom is -0.329 e. The summed E-state index contributed by atoms with van der Waals surface area (Å²) in [6, 6.07) is 6.69. The molecule has 1 aromatic carbocycles. The molecule has 88 valence electrons. The minimum absolute atomic E-state index is 0.544. The summed E-state index contributed by atoms with van der Waals surface area (Å²) in [6.45, 7) is 2.86. The molecule has 1 heterocycles. The lowest BCUT2D eigenvalue weighted by atomic mass is 10.2. The largest absolute Gasteiger partial charge is 0.329 e. The average Bonchev–Trinajstić information content (AvgIpc) is 2.71. The molecule has 1 saturated heterocycles. The number of benzene rings is 1. The predicted molar refractivity (Wildman–Crippen MR) is 71.6 cm³/mol. The van der Waals surface area contributed by atoms with Gasteiger partial charge in [-0.2, -0.15) is 0 Å². The maximum atomic E-state index is 6.08. The Bertz CT molecular complexity index is 370. The highest BCUT2D eigenvalue weighted by Gasteiger charge is 2.22. The summed E-state index contributed by atoms with van der Waals surface area (Å²) in [5.41, 5.74) is 7.01. The summed E-state index contributed by atoms with van der Waals surface area (Å²) in [7, 11) is 0. The van der Waals surface area contributed by atoms with Crippen LogP contribution in [0.1, 0.15) is 18.4 Å². The van der Waals surface area contributed by atoms with E-state index in [4.69, 9.17) is 17.3 Å². The number of hydrogen-bond donors (Lipinski definition) is 1. The quantitative estimate of drug-likeness (QED) is 0.930. The van der Waals surface area contributed by atoms with Crippen LogP contribution in [0.5, 0.6) is 0 Å². The minimum atomic E-state index is 0.544. The van der Waals surface area contributed by atoms with Gasteiger partial charge in [0.1, 0.15) is 0 Å². The molecule has 0 saturated carbocycles. The van der Waals surface area contributed by atoms with E-state index in [2.05, 4.69) is 26.9 Å². The topological polar surface area (TPSA) is 29.3 Å². The normalized spacial score (nSPS) is 21.6. The number of nitrogens with two attached hydrogens (primary N) is 1. The zero-order chi connectivity index (χ0) is 11.5. The second kappa shape index (κ2) is 5.50. The fourth-order valence-electron chi connectivity index (χ4n) is 2.24. The van der Waals surface area contributed by atoms with E-state index in [-0.39, 0.29) is 0 Å². The molecule has 16 heavy (non-hydrogen) atoms. The molecule has 1 atom stereocenters. The van der Waals surface area contributed by atoms with Gasteiger partial charge in [0.05, 0.1) is 5.02 Å². The van der Waals surface area contributed by atoms with Crippen molar-refractivity contribution in [1.82, 2.24) is 4.90 Å². The van der Waals surface area contributed by atoms with E-state index in [1.54, 1.807) is 0 Å². The van der Waals surface area contributed by atoms with E-state index in [0.717, 1.165) is 29.1 Å². The summed E-state index contributed by atoms with van der Waals surface area (Å²) >= 11 is 9.48. The summed E-state index contributed by atoms with van der Waals surface area (Å²) in [5.74, 6) is 0. The van der Waals surface area contributed by atoms with Crippen molar-refractivity contribution in [1.29, 1.82) is 0 Å². The lowest BCUT2D eigenvalue weighted by molar-refractivity contribution is 0.250. The van der Waals surface area contributed by atoms with Crippen molar-refractivity contribution in [2.45, 2.75) is 25.4 Å². The first-order chi connectivity index (χ1) is 7.70. The lowest BCUT2D eigenvalue weighted by Gasteiger charge is -2.23. The molecular weight excluding hydrogens is 288 g/mol. The van der Waals surface area contributed by atoms with E-state index in [9.17, 15) is 0 Å². The van der Waals surface area contributed by atoms with Gasteiger partial charge in [0.25, 0.3) is 0 Å². The van der Waals surface area contributed by atoms with Crippen LogP contribution in [-0.4, -0.2) is 24.0 Å². The molecule has 1 aliphatic rings. The second-order valence-electron chi connectivity index (χ2n) is 4.25. The number of rotatable bonds is 3. The molecule has 0 radical (unpaired) electrons. The highest BCUT2D eigenvalue weighted by atomic mass is 79.9. The van der Waals surface area contributed by atoms with Crippen molar-refractivity contribution in [2.24, 2.45) is 5.73 Å². The fraction of sp³-hybridized carbons (Fsp3) is 0.500. The van der Waals surface area contributed by atoms with Crippen LogP contribution in [-0.2, 0) is 6.54 Å². The Morgan fingerprint density at radius 1 is 1.50 bits per heavy atom. The molecule has 1 fully saturated rings. The molecule has 1 unspecified atom stereocenters. The van der Waals surface area contributed by atoms with Crippen LogP contribution in [0.4, 0.5) is 0 Å². The number of halogens is 2. The molecule has 2 N–H and O–H groups in total. The van der Waals surface area contributed by atoms with E-state index in [1.165, 1.54) is 18.4 Å². The van der Waals surface area contributed by atoms with Crippen LogP contribution < -0.4 is 5.73 Å². The Kier molecular flexibility index (Phi) is 4.25. The van der Waals surface area contributed by atoms with Crippen LogP contribution in [0, 0.1) is 0 Å². The monoisotopic (exact) mass is 302 g/mol. The third-order valence-electron chi connectivity index (χ3n) is 3.14. The fourth-order valence-corrected chi connectivity index (χ4v) is 2.69. The molecule has 0 aliphatic carbocycles. The van der Waals surface area contributed by atoms with Crippen molar-refractivity contribution in [3.63, 3.8) is 0 Å². The first-order valence-corrected chi connectivity index (χ1v) is 6.76. The highest BCUT2D eigenvalue weighted by molar-refractivity contribution is 9.10. The van der Waals surface area contributed by atoms with Crippen molar-refractivity contribution in [3.8, 4) is 0 Å². The van der Waals surface area contributed by atoms with Gasteiger partial charge in [-0.15, -0.1) is 0 Å². The summed E-state index contributed by atoms with van der Waals surface area (Å²) in [6.07, 6.45) is 2.48. The van der Waals surface area contributed by atoms with Gasteiger partial charge in [-0.05, 0) is 53.0 Å². The highest BCUT2D eigenvalue weighted by Crippen LogP contribution is 2.25. The van der Waals surface area contributed by atoms with Crippen molar-refractivity contribution in [2.75, 3.05) is 13.1 Å². The van der Waals surface area contributed by atoms with Gasteiger partial charge in [-0.25, -0.2) is 0 Å². The number of nitrogens with zero attached hydrogens (tertiary/aromatic N) is 1. The van der Waals surface area contributed by atoms with Crippen LogP contribution in [0.3, 0.4) is 0 Å². The maximum Gasteiger partial charge on any atom is 0.0551 e. The van der Waals surface area contributed by atoms with Gasteiger partial charge < -0.3 is 5.73 Å². The summed E-state index contributed by atoms with van der Waals surface area (Å²) in [5, 5.41) is 0.779. The second-order valence-corrected chi connectivity index (χ2v) is 5.51. The van der Waals surface area contributed by atoms with Crippen molar-refractivity contribution < 1.29 is 0 Å². The maximum absolute atomic E-state index is 6.08. The standard InChI is InChI=1S/C12H16BrClN2/c13-11-4-3-9(6-12(11)14)8-16-5-1-2-10(16)7-15/h3-4,6,10H,1-2,5,7-8,15H2. The van der Waals surface area contributed by atoms with Crippen LogP contribution in [0.15, 0.2) is 22.7 Å². The smallest absolute Gasteiger partial charge is 0.0551 e. The molecule has 0 aromatic heterocycles. The Hall–Kier alpha value is -0.0900. The van der Waals surface area contributed by atoms with Crippen molar-refractivity contribution in [3.05, 3.63) is 33.3 Å².